The Balaban J connectivity index is 1.57. The van der Waals surface area contributed by atoms with Crippen molar-refractivity contribution in [2.75, 3.05) is 12.3 Å². The monoisotopic (exact) mass is 313 g/mol. The van der Waals surface area contributed by atoms with Gasteiger partial charge in [-0.2, -0.15) is 11.8 Å². The van der Waals surface area contributed by atoms with E-state index in [1.807, 2.05) is 6.92 Å². The fourth-order valence-corrected chi connectivity index (χ4v) is 3.52. The molecule has 0 bridgehead atoms. The van der Waals surface area contributed by atoms with E-state index in [0.29, 0.717) is 19.4 Å². The fraction of sp³-hybridized carbons (Fsp3) is 0.615. The number of amides is 2. The maximum atomic E-state index is 11.8. The van der Waals surface area contributed by atoms with E-state index in [1.165, 1.54) is 0 Å². The second-order valence-corrected chi connectivity index (χ2v) is 6.94. The number of thioether (sulfide) groups is 1. The molecule has 0 aliphatic carbocycles. The van der Waals surface area contributed by atoms with Crippen molar-refractivity contribution in [3.05, 3.63) is 16.1 Å². The summed E-state index contributed by atoms with van der Waals surface area (Å²) in [5.41, 5.74) is 1.09. The number of aromatic nitrogens is 1. The van der Waals surface area contributed by atoms with Crippen LogP contribution >= 0.6 is 23.1 Å². The molecule has 0 radical (unpaired) electrons. The summed E-state index contributed by atoms with van der Waals surface area (Å²) in [6, 6.07) is 0.0893. The number of piperidine rings is 1. The van der Waals surface area contributed by atoms with Crippen molar-refractivity contribution in [2.24, 2.45) is 0 Å². The summed E-state index contributed by atoms with van der Waals surface area (Å²) in [4.78, 5) is 27.2. The van der Waals surface area contributed by atoms with E-state index < -0.39 is 0 Å². The molecule has 1 unspecified atom stereocenters. The zero-order valence-electron chi connectivity index (χ0n) is 11.5. The van der Waals surface area contributed by atoms with Gasteiger partial charge in [0.15, 0.2) is 0 Å². The normalized spacial score (nSPS) is 18.6. The van der Waals surface area contributed by atoms with Crippen LogP contribution in [0.5, 0.6) is 0 Å². The zero-order valence-corrected chi connectivity index (χ0v) is 13.1. The van der Waals surface area contributed by atoms with Crippen molar-refractivity contribution in [1.29, 1.82) is 0 Å². The number of carbonyl (C=O) groups excluding carboxylic acids is 2. The molecule has 1 saturated heterocycles. The summed E-state index contributed by atoms with van der Waals surface area (Å²) in [5.74, 6) is 1.79. The summed E-state index contributed by atoms with van der Waals surface area (Å²) in [5, 5.41) is 8.87. The number of aryl methyl sites for hydroxylation is 1. The average Bonchev–Trinajstić information content (AvgIpc) is 2.83. The zero-order chi connectivity index (χ0) is 14.4. The van der Waals surface area contributed by atoms with Crippen LogP contribution in [0.15, 0.2) is 5.38 Å². The molecule has 1 aliphatic rings. The van der Waals surface area contributed by atoms with E-state index in [9.17, 15) is 9.59 Å². The van der Waals surface area contributed by atoms with Crippen molar-refractivity contribution in [3.8, 4) is 0 Å². The Hall–Kier alpha value is -1.08. The van der Waals surface area contributed by atoms with Gasteiger partial charge >= 0.3 is 0 Å². The number of hydrogen-bond acceptors (Lipinski definition) is 5. The lowest BCUT2D eigenvalue weighted by molar-refractivity contribution is -0.125. The van der Waals surface area contributed by atoms with Crippen LogP contribution in [0.25, 0.3) is 0 Å². The maximum Gasteiger partial charge on any atom is 0.221 e. The first-order chi connectivity index (χ1) is 9.63. The van der Waals surface area contributed by atoms with Crippen LogP contribution in [0.3, 0.4) is 0 Å². The van der Waals surface area contributed by atoms with E-state index in [-0.39, 0.29) is 17.9 Å². The summed E-state index contributed by atoms with van der Waals surface area (Å²) in [6.45, 7) is 2.55. The Morgan fingerprint density at radius 1 is 1.65 bits per heavy atom. The maximum absolute atomic E-state index is 11.8. The molecule has 110 valence electrons. The summed E-state index contributed by atoms with van der Waals surface area (Å²) >= 11 is 3.38. The van der Waals surface area contributed by atoms with Crippen molar-refractivity contribution < 1.29 is 9.59 Å². The average molecular weight is 313 g/mol. The second kappa shape index (κ2) is 7.64. The summed E-state index contributed by atoms with van der Waals surface area (Å²) in [7, 11) is 0. The molecule has 0 aromatic carbocycles. The van der Waals surface area contributed by atoms with Gasteiger partial charge in [0.25, 0.3) is 0 Å². The van der Waals surface area contributed by atoms with Crippen molar-refractivity contribution >= 4 is 34.9 Å². The molecule has 1 aromatic rings. The van der Waals surface area contributed by atoms with E-state index in [4.69, 9.17) is 0 Å². The summed E-state index contributed by atoms with van der Waals surface area (Å²) < 4.78 is 0. The van der Waals surface area contributed by atoms with Crippen molar-refractivity contribution in [2.45, 2.75) is 38.0 Å². The van der Waals surface area contributed by atoms with Gasteiger partial charge in [0.1, 0.15) is 0 Å². The molecule has 20 heavy (non-hydrogen) atoms. The van der Waals surface area contributed by atoms with E-state index in [2.05, 4.69) is 21.0 Å². The molecule has 0 saturated carbocycles. The molecule has 2 N–H and O–H groups in total. The number of hydrogen-bond donors (Lipinski definition) is 2. The predicted molar refractivity (Wildman–Crippen MR) is 81.8 cm³/mol. The van der Waals surface area contributed by atoms with E-state index in [0.717, 1.165) is 28.6 Å². The van der Waals surface area contributed by atoms with Crippen molar-refractivity contribution in [1.82, 2.24) is 15.6 Å². The largest absolute Gasteiger partial charge is 0.354 e. The van der Waals surface area contributed by atoms with Gasteiger partial charge < -0.3 is 10.6 Å². The van der Waals surface area contributed by atoms with Gasteiger partial charge in [0, 0.05) is 42.3 Å². The van der Waals surface area contributed by atoms with Gasteiger partial charge in [-0.05, 0) is 13.3 Å². The Labute approximate surface area is 126 Å². The minimum atomic E-state index is 0.0631. The van der Waals surface area contributed by atoms with Crippen LogP contribution in [0.4, 0.5) is 0 Å². The van der Waals surface area contributed by atoms with Crippen LogP contribution < -0.4 is 10.6 Å². The lowest BCUT2D eigenvalue weighted by atomic mass is 10.1. The highest BCUT2D eigenvalue weighted by Gasteiger charge is 2.19. The van der Waals surface area contributed by atoms with Gasteiger partial charge in [-0.25, -0.2) is 4.98 Å². The minimum absolute atomic E-state index is 0.0631. The predicted octanol–water partition coefficient (Wildman–Crippen LogP) is 1.47. The van der Waals surface area contributed by atoms with Crippen molar-refractivity contribution in [3.63, 3.8) is 0 Å². The third kappa shape index (κ3) is 5.13. The Bertz CT molecular complexity index is 466. The molecule has 1 aliphatic heterocycles. The Morgan fingerprint density at radius 2 is 2.50 bits per heavy atom. The second-order valence-electron chi connectivity index (χ2n) is 4.77. The fourth-order valence-electron chi connectivity index (χ4n) is 1.97. The standard InChI is InChI=1S/C13H19N3O2S2/c1-9-15-11(8-20-9)7-19-5-4-13(18)16-10-2-3-12(17)14-6-10/h8,10H,2-7H2,1H3,(H,14,17)(H,16,18). The molecule has 2 heterocycles. The number of nitrogens with one attached hydrogen (secondary N) is 2. The molecular weight excluding hydrogens is 294 g/mol. The molecule has 2 amide bonds. The molecular formula is C13H19N3O2S2. The van der Waals surface area contributed by atoms with Crippen LogP contribution in [0.1, 0.15) is 30.0 Å². The smallest absolute Gasteiger partial charge is 0.221 e. The Kier molecular flexibility index (Phi) is 5.85. The number of rotatable bonds is 6. The minimum Gasteiger partial charge on any atom is -0.354 e. The Morgan fingerprint density at radius 3 is 3.15 bits per heavy atom. The van der Waals surface area contributed by atoms with Gasteiger partial charge in [-0.1, -0.05) is 0 Å². The van der Waals surface area contributed by atoms with Gasteiger partial charge in [0.05, 0.1) is 10.7 Å². The highest BCUT2D eigenvalue weighted by Crippen LogP contribution is 2.15. The molecule has 2 rings (SSSR count). The first-order valence-electron chi connectivity index (χ1n) is 6.68. The van der Waals surface area contributed by atoms with Crippen LogP contribution in [0, 0.1) is 6.92 Å². The van der Waals surface area contributed by atoms with Gasteiger partial charge in [-0.3, -0.25) is 9.59 Å². The third-order valence-corrected chi connectivity index (χ3v) is 4.84. The molecule has 1 aromatic heterocycles. The molecule has 1 atom stereocenters. The van der Waals surface area contributed by atoms with E-state index in [1.54, 1.807) is 23.1 Å². The van der Waals surface area contributed by atoms with Crippen LogP contribution in [-0.4, -0.2) is 35.1 Å². The molecule has 7 heteroatoms. The number of nitrogens with zero attached hydrogens (tertiary/aromatic N) is 1. The highest BCUT2D eigenvalue weighted by molar-refractivity contribution is 7.98. The lowest BCUT2D eigenvalue weighted by Gasteiger charge is -2.23. The number of carbonyl (C=O) groups is 2. The third-order valence-electron chi connectivity index (χ3n) is 3.02. The first kappa shape index (κ1) is 15.3. The molecule has 5 nitrogen and oxygen atoms in total. The molecule has 1 fully saturated rings. The van der Waals surface area contributed by atoms with Crippen LogP contribution in [0.2, 0.25) is 0 Å². The highest BCUT2D eigenvalue weighted by atomic mass is 32.2. The van der Waals surface area contributed by atoms with E-state index >= 15 is 0 Å². The lowest BCUT2D eigenvalue weighted by Crippen LogP contribution is -2.47. The first-order valence-corrected chi connectivity index (χ1v) is 8.72. The number of thiazole rings is 1. The van der Waals surface area contributed by atoms with Gasteiger partial charge in [0.2, 0.25) is 11.8 Å². The summed E-state index contributed by atoms with van der Waals surface area (Å²) in [6.07, 6.45) is 1.75. The van der Waals surface area contributed by atoms with Crippen LogP contribution in [-0.2, 0) is 15.3 Å². The SMILES string of the molecule is Cc1nc(CSCCC(=O)NC2CCC(=O)NC2)cs1. The topological polar surface area (TPSA) is 71.1 Å². The molecule has 0 spiro atoms. The van der Waals surface area contributed by atoms with Gasteiger partial charge in [-0.15, -0.1) is 11.3 Å². The quantitative estimate of drug-likeness (QED) is 0.780.